The van der Waals surface area contributed by atoms with Gasteiger partial charge in [0.1, 0.15) is 0 Å². The predicted octanol–water partition coefficient (Wildman–Crippen LogP) is 1.47. The quantitative estimate of drug-likeness (QED) is 0.372. The van der Waals surface area contributed by atoms with Crippen LogP contribution < -0.4 is 5.73 Å². The molecule has 3 heteroatoms. The highest BCUT2D eigenvalue weighted by molar-refractivity contribution is 6.31. The van der Waals surface area contributed by atoms with Crippen LogP contribution in [0.15, 0.2) is 18.2 Å². The van der Waals surface area contributed by atoms with Gasteiger partial charge in [-0.2, -0.15) is 0 Å². The number of carbonyl (C=O) groups excluding carboxylic acids is 1. The van der Waals surface area contributed by atoms with Crippen LogP contribution in [0.4, 0.5) is 5.69 Å². The van der Waals surface area contributed by atoms with Crippen LogP contribution in [-0.2, 0) is 4.79 Å². The van der Waals surface area contributed by atoms with Gasteiger partial charge in [-0.15, -0.1) is 0 Å². The van der Waals surface area contributed by atoms with Crippen LogP contribution in [0, 0.1) is 11.8 Å². The number of hydrogen-bond acceptors (Lipinski definition) is 2. The van der Waals surface area contributed by atoms with Crippen molar-refractivity contribution in [2.24, 2.45) is 0 Å². The van der Waals surface area contributed by atoms with Gasteiger partial charge in [-0.05, 0) is 24.1 Å². The second-order valence-electron chi connectivity index (χ2n) is 2.16. The van der Waals surface area contributed by atoms with Crippen LogP contribution in [0.2, 0.25) is 5.02 Å². The molecule has 2 nitrogen and oxygen atoms in total. The van der Waals surface area contributed by atoms with Crippen LogP contribution in [0.5, 0.6) is 0 Å². The number of rotatable bonds is 0. The van der Waals surface area contributed by atoms with Gasteiger partial charge >= 0.3 is 0 Å². The van der Waals surface area contributed by atoms with E-state index in [9.17, 15) is 4.79 Å². The molecular weight excluding hydrogens is 174 g/mol. The molecule has 0 bridgehead atoms. The Morgan fingerprint density at radius 3 is 2.75 bits per heavy atom. The Kier molecular flexibility index (Phi) is 2.73. The molecular formula is C9H6ClNO. The van der Waals surface area contributed by atoms with Crippen molar-refractivity contribution in [2.75, 3.05) is 5.73 Å². The Morgan fingerprint density at radius 2 is 2.17 bits per heavy atom. The van der Waals surface area contributed by atoms with Crippen molar-refractivity contribution >= 4 is 23.6 Å². The molecule has 0 aliphatic rings. The summed E-state index contributed by atoms with van der Waals surface area (Å²) >= 11 is 5.69. The minimum absolute atomic E-state index is 0.519. The van der Waals surface area contributed by atoms with Crippen LogP contribution in [0.1, 0.15) is 5.56 Å². The summed E-state index contributed by atoms with van der Waals surface area (Å²) in [5.74, 6) is 4.87. The van der Waals surface area contributed by atoms with E-state index < -0.39 is 0 Å². The zero-order valence-electron chi connectivity index (χ0n) is 6.17. The maximum Gasteiger partial charge on any atom is 0.193 e. The summed E-state index contributed by atoms with van der Waals surface area (Å²) < 4.78 is 0. The average Bonchev–Trinajstić information content (AvgIpc) is 1.99. The SMILES string of the molecule is Nc1cc(Cl)cc(C#CC=O)c1. The van der Waals surface area contributed by atoms with E-state index >= 15 is 0 Å². The van der Waals surface area contributed by atoms with Gasteiger partial charge in [-0.25, -0.2) is 0 Å². The standard InChI is InChI=1S/C9H6ClNO/c10-8-4-7(2-1-3-12)5-9(11)6-8/h3-6H,11H2. The summed E-state index contributed by atoms with van der Waals surface area (Å²) in [6.45, 7) is 0. The molecule has 0 aromatic heterocycles. The molecule has 0 saturated heterocycles. The van der Waals surface area contributed by atoms with Crippen molar-refractivity contribution in [3.8, 4) is 11.8 Å². The van der Waals surface area contributed by atoms with E-state index in [0.717, 1.165) is 0 Å². The Bertz CT molecular complexity index is 342. The van der Waals surface area contributed by atoms with Gasteiger partial charge in [0.05, 0.1) is 0 Å². The molecule has 0 aliphatic heterocycles. The Labute approximate surface area is 75.3 Å². The van der Waals surface area contributed by atoms with Crippen molar-refractivity contribution in [2.45, 2.75) is 0 Å². The lowest BCUT2D eigenvalue weighted by molar-refractivity contribution is -0.103. The number of nitrogens with two attached hydrogens (primary N) is 1. The fourth-order valence-corrected chi connectivity index (χ4v) is 1.04. The first-order chi connectivity index (χ1) is 5.72. The second-order valence-corrected chi connectivity index (χ2v) is 2.60. The summed E-state index contributed by atoms with van der Waals surface area (Å²) in [5.41, 5.74) is 6.68. The van der Waals surface area contributed by atoms with Gasteiger partial charge in [0, 0.05) is 16.3 Å². The molecule has 60 valence electrons. The molecule has 1 aromatic rings. The first kappa shape index (κ1) is 8.63. The maximum atomic E-state index is 9.91. The summed E-state index contributed by atoms with van der Waals surface area (Å²) in [6.07, 6.45) is 0.525. The highest BCUT2D eigenvalue weighted by Gasteiger charge is 1.92. The van der Waals surface area contributed by atoms with Crippen molar-refractivity contribution in [1.82, 2.24) is 0 Å². The van der Waals surface area contributed by atoms with Crippen LogP contribution >= 0.6 is 11.6 Å². The predicted molar refractivity (Wildman–Crippen MR) is 48.8 cm³/mol. The lowest BCUT2D eigenvalue weighted by atomic mass is 10.2. The number of nitrogen functional groups attached to an aromatic ring is 1. The van der Waals surface area contributed by atoms with E-state index in [2.05, 4.69) is 11.8 Å². The topological polar surface area (TPSA) is 43.1 Å². The number of aldehydes is 1. The smallest absolute Gasteiger partial charge is 0.193 e. The van der Waals surface area contributed by atoms with E-state index in [-0.39, 0.29) is 0 Å². The number of carbonyl (C=O) groups is 1. The highest BCUT2D eigenvalue weighted by atomic mass is 35.5. The number of hydrogen-bond donors (Lipinski definition) is 1. The van der Waals surface area contributed by atoms with Gasteiger partial charge in [-0.3, -0.25) is 4.79 Å². The van der Waals surface area contributed by atoms with E-state index in [1.165, 1.54) is 0 Å². The van der Waals surface area contributed by atoms with Crippen molar-refractivity contribution in [1.29, 1.82) is 0 Å². The lowest BCUT2D eigenvalue weighted by Crippen LogP contribution is -1.85. The van der Waals surface area contributed by atoms with Gasteiger partial charge in [-0.1, -0.05) is 17.5 Å². The molecule has 0 unspecified atom stereocenters. The molecule has 0 aliphatic carbocycles. The molecule has 0 saturated carbocycles. The molecule has 0 amide bonds. The lowest BCUT2D eigenvalue weighted by Gasteiger charge is -1.95. The van der Waals surface area contributed by atoms with Gasteiger partial charge in [0.25, 0.3) is 0 Å². The summed E-state index contributed by atoms with van der Waals surface area (Å²) in [6, 6.07) is 4.92. The van der Waals surface area contributed by atoms with E-state index in [0.29, 0.717) is 22.6 Å². The molecule has 2 N–H and O–H groups in total. The van der Waals surface area contributed by atoms with Crippen molar-refractivity contribution in [3.63, 3.8) is 0 Å². The van der Waals surface area contributed by atoms with E-state index in [1.807, 2.05) is 0 Å². The average molecular weight is 180 g/mol. The molecule has 1 aromatic carbocycles. The molecule has 12 heavy (non-hydrogen) atoms. The molecule has 1 rings (SSSR count). The van der Waals surface area contributed by atoms with Crippen LogP contribution in [-0.4, -0.2) is 6.29 Å². The second kappa shape index (κ2) is 3.80. The van der Waals surface area contributed by atoms with Gasteiger partial charge < -0.3 is 5.73 Å². The van der Waals surface area contributed by atoms with Gasteiger partial charge in [0.15, 0.2) is 6.29 Å². The first-order valence-corrected chi connectivity index (χ1v) is 3.61. The largest absolute Gasteiger partial charge is 0.399 e. The minimum atomic E-state index is 0.519. The maximum absolute atomic E-state index is 9.91. The highest BCUT2D eigenvalue weighted by Crippen LogP contribution is 2.15. The van der Waals surface area contributed by atoms with E-state index in [1.54, 1.807) is 18.2 Å². The number of benzene rings is 1. The zero-order chi connectivity index (χ0) is 8.97. The zero-order valence-corrected chi connectivity index (χ0v) is 6.93. The molecule has 0 radical (unpaired) electrons. The third kappa shape index (κ3) is 2.30. The molecule has 0 fully saturated rings. The van der Waals surface area contributed by atoms with E-state index in [4.69, 9.17) is 17.3 Å². The number of anilines is 1. The fourth-order valence-electron chi connectivity index (χ4n) is 0.797. The normalized spacial score (nSPS) is 8.42. The molecule has 0 heterocycles. The fraction of sp³-hybridized carbons (Fsp3) is 0. The molecule has 0 spiro atoms. The first-order valence-electron chi connectivity index (χ1n) is 3.23. The Balaban J connectivity index is 3.08. The Hall–Kier alpha value is -1.46. The van der Waals surface area contributed by atoms with Crippen LogP contribution in [0.25, 0.3) is 0 Å². The minimum Gasteiger partial charge on any atom is -0.399 e. The van der Waals surface area contributed by atoms with Crippen molar-refractivity contribution in [3.05, 3.63) is 28.8 Å². The van der Waals surface area contributed by atoms with Crippen molar-refractivity contribution < 1.29 is 4.79 Å². The van der Waals surface area contributed by atoms with Gasteiger partial charge in [0.2, 0.25) is 0 Å². The summed E-state index contributed by atoms with van der Waals surface area (Å²) in [4.78, 5) is 9.91. The molecule has 0 atom stereocenters. The summed E-state index contributed by atoms with van der Waals surface area (Å²) in [7, 11) is 0. The Morgan fingerprint density at radius 1 is 1.42 bits per heavy atom. The van der Waals surface area contributed by atoms with Crippen LogP contribution in [0.3, 0.4) is 0 Å². The third-order valence-corrected chi connectivity index (χ3v) is 1.41. The number of halogens is 1. The monoisotopic (exact) mass is 179 g/mol. The third-order valence-electron chi connectivity index (χ3n) is 1.20. The summed E-state index contributed by atoms with van der Waals surface area (Å²) in [5, 5.41) is 0.519.